The Kier molecular flexibility index (Phi) is 2.68. The molecule has 0 bridgehead atoms. The molecule has 0 aliphatic heterocycles. The lowest BCUT2D eigenvalue weighted by Gasteiger charge is -2.31. The molecule has 0 N–H and O–H groups in total. The van der Waals surface area contributed by atoms with Crippen LogP contribution in [0.15, 0.2) is 35.9 Å². The normalized spacial score (nSPS) is 26.2. The van der Waals surface area contributed by atoms with Crippen molar-refractivity contribution in [2.75, 3.05) is 0 Å². The van der Waals surface area contributed by atoms with Crippen LogP contribution in [-0.4, -0.2) is 0 Å². The Labute approximate surface area is 93.0 Å². The fraction of sp³-hybridized carbons (Fsp3) is 0.467. The highest BCUT2D eigenvalue weighted by Crippen LogP contribution is 2.36. The van der Waals surface area contributed by atoms with Gasteiger partial charge in [0.25, 0.3) is 0 Å². The Balaban J connectivity index is 2.36. The predicted molar refractivity (Wildman–Crippen MR) is 66.1 cm³/mol. The standard InChI is InChI=1S/C15H20/c1-12-6-8-14(9-7-12)15(3)10-4-5-13(2)11-15/h6-9,11H,4-5,10H2,1-3H3. The van der Waals surface area contributed by atoms with Crippen LogP contribution >= 0.6 is 0 Å². The average Bonchev–Trinajstić information content (AvgIpc) is 2.18. The van der Waals surface area contributed by atoms with E-state index in [2.05, 4.69) is 51.1 Å². The van der Waals surface area contributed by atoms with E-state index in [4.69, 9.17) is 0 Å². The monoisotopic (exact) mass is 200 g/mol. The lowest BCUT2D eigenvalue weighted by atomic mass is 9.73. The van der Waals surface area contributed by atoms with Crippen LogP contribution in [0, 0.1) is 6.92 Å². The smallest absolute Gasteiger partial charge is 0.0106 e. The van der Waals surface area contributed by atoms with Gasteiger partial charge < -0.3 is 0 Å². The number of aryl methyl sites for hydroxylation is 1. The topological polar surface area (TPSA) is 0 Å². The van der Waals surface area contributed by atoms with Crippen molar-refractivity contribution in [3.05, 3.63) is 47.0 Å². The van der Waals surface area contributed by atoms with Crippen LogP contribution in [0.5, 0.6) is 0 Å². The van der Waals surface area contributed by atoms with E-state index >= 15 is 0 Å². The Morgan fingerprint density at radius 2 is 1.73 bits per heavy atom. The van der Waals surface area contributed by atoms with E-state index in [1.165, 1.54) is 30.4 Å². The first-order valence-corrected chi connectivity index (χ1v) is 5.86. The summed E-state index contributed by atoms with van der Waals surface area (Å²) in [4.78, 5) is 0. The minimum Gasteiger partial charge on any atom is -0.0764 e. The second kappa shape index (κ2) is 3.84. The van der Waals surface area contributed by atoms with Gasteiger partial charge in [0.2, 0.25) is 0 Å². The third kappa shape index (κ3) is 2.14. The number of allylic oxidation sites excluding steroid dienone is 2. The molecule has 2 rings (SSSR count). The quantitative estimate of drug-likeness (QED) is 0.590. The van der Waals surface area contributed by atoms with Gasteiger partial charge in [-0.1, -0.05) is 48.4 Å². The maximum absolute atomic E-state index is 2.46. The Morgan fingerprint density at radius 1 is 1.07 bits per heavy atom. The van der Waals surface area contributed by atoms with E-state index in [0.717, 1.165) is 0 Å². The molecule has 0 nitrogen and oxygen atoms in total. The van der Waals surface area contributed by atoms with E-state index in [1.807, 2.05) is 0 Å². The molecule has 80 valence electrons. The first kappa shape index (κ1) is 10.5. The van der Waals surface area contributed by atoms with Crippen molar-refractivity contribution < 1.29 is 0 Å². The average molecular weight is 200 g/mol. The summed E-state index contributed by atoms with van der Waals surface area (Å²) in [6.07, 6.45) is 6.35. The van der Waals surface area contributed by atoms with Crippen LogP contribution < -0.4 is 0 Å². The maximum atomic E-state index is 2.46. The summed E-state index contributed by atoms with van der Waals surface area (Å²) < 4.78 is 0. The van der Waals surface area contributed by atoms with E-state index in [9.17, 15) is 0 Å². The first-order valence-electron chi connectivity index (χ1n) is 5.86. The van der Waals surface area contributed by atoms with Gasteiger partial charge in [-0.3, -0.25) is 0 Å². The van der Waals surface area contributed by atoms with Gasteiger partial charge in [0.15, 0.2) is 0 Å². The van der Waals surface area contributed by atoms with Gasteiger partial charge in [-0.2, -0.15) is 0 Å². The minimum absolute atomic E-state index is 0.274. The lowest BCUT2D eigenvalue weighted by Crippen LogP contribution is -2.22. The molecule has 0 aromatic heterocycles. The fourth-order valence-electron chi connectivity index (χ4n) is 2.58. The highest BCUT2D eigenvalue weighted by molar-refractivity contribution is 5.34. The molecule has 0 radical (unpaired) electrons. The summed E-state index contributed by atoms with van der Waals surface area (Å²) >= 11 is 0. The Hall–Kier alpha value is -1.04. The second-order valence-corrected chi connectivity index (χ2v) is 5.13. The van der Waals surface area contributed by atoms with Gasteiger partial charge in [-0.15, -0.1) is 0 Å². The van der Waals surface area contributed by atoms with E-state index in [-0.39, 0.29) is 5.41 Å². The van der Waals surface area contributed by atoms with E-state index in [0.29, 0.717) is 0 Å². The van der Waals surface area contributed by atoms with Gasteiger partial charge in [0, 0.05) is 5.41 Å². The first-order chi connectivity index (χ1) is 7.10. The lowest BCUT2D eigenvalue weighted by molar-refractivity contribution is 0.485. The molecule has 1 atom stereocenters. The molecule has 0 amide bonds. The number of benzene rings is 1. The van der Waals surface area contributed by atoms with Gasteiger partial charge in [-0.25, -0.2) is 0 Å². The molecule has 0 heterocycles. The number of rotatable bonds is 1. The van der Waals surface area contributed by atoms with Crippen LogP contribution in [0.25, 0.3) is 0 Å². The molecule has 0 saturated heterocycles. The van der Waals surface area contributed by atoms with Gasteiger partial charge in [0.1, 0.15) is 0 Å². The van der Waals surface area contributed by atoms with Crippen LogP contribution in [0.4, 0.5) is 0 Å². The molecule has 0 heteroatoms. The van der Waals surface area contributed by atoms with E-state index < -0.39 is 0 Å². The van der Waals surface area contributed by atoms with Crippen molar-refractivity contribution in [3.8, 4) is 0 Å². The minimum atomic E-state index is 0.274. The Bertz CT molecular complexity index is 370. The van der Waals surface area contributed by atoms with Crippen LogP contribution in [0.3, 0.4) is 0 Å². The molecule has 1 unspecified atom stereocenters. The highest BCUT2D eigenvalue weighted by atomic mass is 14.3. The molecule has 1 aromatic rings. The van der Waals surface area contributed by atoms with Crippen molar-refractivity contribution in [2.45, 2.75) is 45.4 Å². The molecule has 0 saturated carbocycles. The summed E-state index contributed by atoms with van der Waals surface area (Å²) in [5.41, 5.74) is 4.63. The van der Waals surface area contributed by atoms with Crippen LogP contribution in [0.2, 0.25) is 0 Å². The fourth-order valence-corrected chi connectivity index (χ4v) is 2.58. The SMILES string of the molecule is CC1=CC(C)(c2ccc(C)cc2)CCC1. The highest BCUT2D eigenvalue weighted by Gasteiger charge is 2.26. The molecule has 0 fully saturated rings. The zero-order chi connectivity index (χ0) is 10.9. The summed E-state index contributed by atoms with van der Waals surface area (Å²) in [7, 11) is 0. The zero-order valence-electron chi connectivity index (χ0n) is 10.0. The van der Waals surface area contributed by atoms with Crippen LogP contribution in [0.1, 0.15) is 44.2 Å². The van der Waals surface area contributed by atoms with Gasteiger partial charge >= 0.3 is 0 Å². The maximum Gasteiger partial charge on any atom is 0.0106 e. The summed E-state index contributed by atoms with van der Waals surface area (Å²) in [6, 6.07) is 9.01. The zero-order valence-corrected chi connectivity index (χ0v) is 10.0. The molecule has 1 aliphatic rings. The van der Waals surface area contributed by atoms with Crippen molar-refractivity contribution >= 4 is 0 Å². The molecule has 1 aliphatic carbocycles. The molecular formula is C15H20. The van der Waals surface area contributed by atoms with Crippen molar-refractivity contribution in [1.29, 1.82) is 0 Å². The van der Waals surface area contributed by atoms with Crippen molar-refractivity contribution in [2.24, 2.45) is 0 Å². The van der Waals surface area contributed by atoms with E-state index in [1.54, 1.807) is 5.57 Å². The summed E-state index contributed by atoms with van der Waals surface area (Å²) in [5, 5.41) is 0. The van der Waals surface area contributed by atoms with Crippen molar-refractivity contribution in [3.63, 3.8) is 0 Å². The number of hydrogen-bond donors (Lipinski definition) is 0. The van der Waals surface area contributed by atoms with Crippen molar-refractivity contribution in [1.82, 2.24) is 0 Å². The summed E-state index contributed by atoms with van der Waals surface area (Å²) in [5.74, 6) is 0. The Morgan fingerprint density at radius 3 is 2.33 bits per heavy atom. The largest absolute Gasteiger partial charge is 0.0764 e. The van der Waals surface area contributed by atoms with Gasteiger partial charge in [0.05, 0.1) is 0 Å². The molecular weight excluding hydrogens is 180 g/mol. The summed E-state index contributed by atoms with van der Waals surface area (Å²) in [6.45, 7) is 6.76. The van der Waals surface area contributed by atoms with Gasteiger partial charge in [-0.05, 0) is 38.7 Å². The molecule has 0 spiro atoms. The number of hydrogen-bond acceptors (Lipinski definition) is 0. The predicted octanol–water partition coefficient (Wildman–Crippen LogP) is 4.38. The second-order valence-electron chi connectivity index (χ2n) is 5.13. The third-order valence-corrected chi connectivity index (χ3v) is 3.54. The van der Waals surface area contributed by atoms with Crippen LogP contribution in [-0.2, 0) is 5.41 Å². The molecule has 15 heavy (non-hydrogen) atoms. The molecule has 1 aromatic carbocycles. The third-order valence-electron chi connectivity index (χ3n) is 3.54.